The van der Waals surface area contributed by atoms with Crippen LogP contribution in [-0.4, -0.2) is 54.4 Å². The molecule has 2 aromatic rings. The maximum absolute atomic E-state index is 12.0. The highest BCUT2D eigenvalue weighted by molar-refractivity contribution is 5.95. The molecule has 0 atom stereocenters. The molecule has 0 aliphatic rings. The quantitative estimate of drug-likeness (QED) is 0.334. The van der Waals surface area contributed by atoms with Gasteiger partial charge in [0.2, 0.25) is 5.91 Å². The van der Waals surface area contributed by atoms with Crippen molar-refractivity contribution < 1.29 is 34.4 Å². The van der Waals surface area contributed by atoms with Crippen LogP contribution in [0, 0.1) is 0 Å². The Morgan fingerprint density at radius 2 is 1.50 bits per heavy atom. The predicted octanol–water partition coefficient (Wildman–Crippen LogP) is 0.909. The van der Waals surface area contributed by atoms with Crippen LogP contribution in [0.5, 0.6) is 28.7 Å². The number of hydrogen-bond acceptors (Lipinski definition) is 7. The van der Waals surface area contributed by atoms with Crippen LogP contribution in [0.15, 0.2) is 30.3 Å². The summed E-state index contributed by atoms with van der Waals surface area (Å²) >= 11 is 0. The van der Waals surface area contributed by atoms with Crippen LogP contribution in [0.3, 0.4) is 0 Å². The van der Waals surface area contributed by atoms with Crippen molar-refractivity contribution in [3.63, 3.8) is 0 Å². The number of hydrogen-bond donors (Lipinski definition) is 5. The summed E-state index contributed by atoms with van der Waals surface area (Å²) in [6.45, 7) is 0.326. The zero-order chi connectivity index (χ0) is 20.7. The number of carbonyl (C=O) groups excluding carboxylic acids is 2. The predicted molar refractivity (Wildman–Crippen MR) is 100 cm³/mol. The number of nitrogens with one attached hydrogen (secondary N) is 2. The smallest absolute Gasteiger partial charge is 0.251 e. The number of rotatable bonds is 8. The monoisotopic (exact) mass is 390 g/mol. The summed E-state index contributed by atoms with van der Waals surface area (Å²) in [5, 5.41) is 33.3. The minimum absolute atomic E-state index is 0.0237. The first kappa shape index (κ1) is 20.7. The average molecular weight is 390 g/mol. The van der Waals surface area contributed by atoms with Crippen molar-refractivity contribution in [2.45, 2.75) is 6.42 Å². The first-order valence-corrected chi connectivity index (χ1v) is 8.36. The van der Waals surface area contributed by atoms with E-state index < -0.39 is 23.2 Å². The van der Waals surface area contributed by atoms with E-state index in [1.165, 1.54) is 14.2 Å². The number of amides is 2. The Morgan fingerprint density at radius 3 is 2.11 bits per heavy atom. The molecule has 9 heteroatoms. The molecule has 0 aromatic heterocycles. The molecular weight excluding hydrogens is 368 g/mol. The lowest BCUT2D eigenvalue weighted by Gasteiger charge is -2.10. The first-order valence-electron chi connectivity index (χ1n) is 8.36. The van der Waals surface area contributed by atoms with Gasteiger partial charge in [0.1, 0.15) is 0 Å². The van der Waals surface area contributed by atoms with Gasteiger partial charge >= 0.3 is 0 Å². The van der Waals surface area contributed by atoms with E-state index in [0.717, 1.165) is 17.7 Å². The lowest BCUT2D eigenvalue weighted by atomic mass is 10.1. The maximum atomic E-state index is 12.0. The van der Waals surface area contributed by atoms with E-state index in [4.69, 9.17) is 9.47 Å². The van der Waals surface area contributed by atoms with Gasteiger partial charge in [-0.3, -0.25) is 9.59 Å². The molecule has 0 aliphatic carbocycles. The Hall–Kier alpha value is -3.62. The summed E-state index contributed by atoms with van der Waals surface area (Å²) in [5.41, 5.74) is 0.721. The van der Waals surface area contributed by atoms with Crippen LogP contribution in [0.4, 0.5) is 0 Å². The summed E-state index contributed by atoms with van der Waals surface area (Å²) in [7, 11) is 3.04. The molecule has 2 aromatic carbocycles. The van der Waals surface area contributed by atoms with Crippen LogP contribution in [0.2, 0.25) is 0 Å². The Labute approximate surface area is 161 Å². The summed E-state index contributed by atoms with van der Waals surface area (Å²) in [6.07, 6.45) is 0.133. The third-order valence-electron chi connectivity index (χ3n) is 3.88. The highest BCUT2D eigenvalue weighted by Gasteiger charge is 2.13. The third-order valence-corrected chi connectivity index (χ3v) is 3.88. The molecule has 0 spiro atoms. The SMILES string of the molecule is COc1ccc(CC(=O)NCCNC(=O)c2cc(O)c(O)c(O)c2)cc1OC. The fourth-order valence-electron chi connectivity index (χ4n) is 2.45. The lowest BCUT2D eigenvalue weighted by Crippen LogP contribution is -2.35. The molecule has 5 N–H and O–H groups in total. The summed E-state index contributed by atoms with van der Waals surface area (Å²) in [4.78, 5) is 24.0. The van der Waals surface area contributed by atoms with Gasteiger partial charge in [-0.15, -0.1) is 0 Å². The van der Waals surface area contributed by atoms with Crippen molar-refractivity contribution in [1.29, 1.82) is 0 Å². The number of phenolic OH excluding ortho intramolecular Hbond substituents is 3. The number of carbonyl (C=O) groups is 2. The first-order chi connectivity index (χ1) is 13.3. The molecule has 2 rings (SSSR count). The zero-order valence-corrected chi connectivity index (χ0v) is 15.5. The van der Waals surface area contributed by atoms with E-state index in [0.29, 0.717) is 11.5 Å². The standard InChI is InChI=1S/C19H22N2O7/c1-27-15-4-3-11(7-16(15)28-2)8-17(24)20-5-6-21-19(26)12-9-13(22)18(25)14(23)10-12/h3-4,7,9-10,22-23,25H,5-6,8H2,1-2H3,(H,20,24)(H,21,26). The second-order valence-electron chi connectivity index (χ2n) is 5.84. The Balaban J connectivity index is 1.80. The molecule has 28 heavy (non-hydrogen) atoms. The van der Waals surface area contributed by atoms with Gasteiger partial charge in [0.15, 0.2) is 28.7 Å². The van der Waals surface area contributed by atoms with E-state index in [9.17, 15) is 24.9 Å². The second-order valence-corrected chi connectivity index (χ2v) is 5.84. The molecule has 150 valence electrons. The molecule has 0 saturated heterocycles. The van der Waals surface area contributed by atoms with Crippen molar-refractivity contribution in [2.75, 3.05) is 27.3 Å². The zero-order valence-electron chi connectivity index (χ0n) is 15.5. The Morgan fingerprint density at radius 1 is 0.893 bits per heavy atom. The molecule has 0 unspecified atom stereocenters. The fourth-order valence-corrected chi connectivity index (χ4v) is 2.45. The lowest BCUT2D eigenvalue weighted by molar-refractivity contribution is -0.120. The molecule has 2 amide bonds. The van der Waals surface area contributed by atoms with Crippen molar-refractivity contribution in [1.82, 2.24) is 10.6 Å². The largest absolute Gasteiger partial charge is 0.504 e. The van der Waals surface area contributed by atoms with Crippen LogP contribution in [-0.2, 0) is 11.2 Å². The summed E-state index contributed by atoms with van der Waals surface area (Å²) < 4.78 is 10.3. The van der Waals surface area contributed by atoms with Gasteiger partial charge in [-0.2, -0.15) is 0 Å². The van der Waals surface area contributed by atoms with E-state index >= 15 is 0 Å². The van der Waals surface area contributed by atoms with Crippen molar-refractivity contribution >= 4 is 11.8 Å². The molecule has 0 radical (unpaired) electrons. The molecule has 0 heterocycles. The van der Waals surface area contributed by atoms with Gasteiger partial charge in [-0.05, 0) is 29.8 Å². The number of ether oxygens (including phenoxy) is 2. The molecule has 9 nitrogen and oxygen atoms in total. The summed E-state index contributed by atoms with van der Waals surface area (Å²) in [5.74, 6) is -1.61. The highest BCUT2D eigenvalue weighted by Crippen LogP contribution is 2.35. The number of aromatic hydroxyl groups is 3. The molecule has 0 aliphatic heterocycles. The third kappa shape index (κ3) is 5.19. The van der Waals surface area contributed by atoms with E-state index in [1.54, 1.807) is 18.2 Å². The second kappa shape index (κ2) is 9.36. The summed E-state index contributed by atoms with van der Waals surface area (Å²) in [6, 6.07) is 7.24. The molecular formula is C19H22N2O7. The van der Waals surface area contributed by atoms with E-state index in [-0.39, 0.29) is 31.0 Å². The number of methoxy groups -OCH3 is 2. The van der Waals surface area contributed by atoms with Crippen LogP contribution in [0.25, 0.3) is 0 Å². The van der Waals surface area contributed by atoms with Crippen LogP contribution in [0.1, 0.15) is 15.9 Å². The van der Waals surface area contributed by atoms with Crippen molar-refractivity contribution in [2.24, 2.45) is 0 Å². The van der Waals surface area contributed by atoms with Gasteiger partial charge < -0.3 is 35.4 Å². The van der Waals surface area contributed by atoms with Gasteiger partial charge in [-0.25, -0.2) is 0 Å². The number of phenols is 3. The fraction of sp³-hybridized carbons (Fsp3) is 0.263. The van der Waals surface area contributed by atoms with Gasteiger partial charge in [0, 0.05) is 18.7 Å². The highest BCUT2D eigenvalue weighted by atomic mass is 16.5. The maximum Gasteiger partial charge on any atom is 0.251 e. The molecule has 0 bridgehead atoms. The molecule has 0 fully saturated rings. The van der Waals surface area contributed by atoms with E-state index in [1.807, 2.05) is 0 Å². The Bertz CT molecular complexity index is 844. The van der Waals surface area contributed by atoms with E-state index in [2.05, 4.69) is 10.6 Å². The Kier molecular flexibility index (Phi) is 6.91. The number of benzene rings is 2. The normalized spacial score (nSPS) is 10.2. The minimum atomic E-state index is -0.695. The van der Waals surface area contributed by atoms with Gasteiger partial charge in [0.05, 0.1) is 20.6 Å². The minimum Gasteiger partial charge on any atom is -0.504 e. The van der Waals surface area contributed by atoms with Crippen LogP contribution < -0.4 is 20.1 Å². The van der Waals surface area contributed by atoms with Crippen molar-refractivity contribution in [3.05, 3.63) is 41.5 Å². The topological polar surface area (TPSA) is 137 Å². The van der Waals surface area contributed by atoms with Crippen molar-refractivity contribution in [3.8, 4) is 28.7 Å². The van der Waals surface area contributed by atoms with Gasteiger partial charge in [0.25, 0.3) is 5.91 Å². The van der Waals surface area contributed by atoms with Gasteiger partial charge in [-0.1, -0.05) is 6.07 Å². The average Bonchev–Trinajstić information content (AvgIpc) is 2.68. The molecule has 0 saturated carbocycles. The van der Waals surface area contributed by atoms with Crippen LogP contribution >= 0.6 is 0 Å².